The normalized spacial score (nSPS) is 22.5. The van der Waals surface area contributed by atoms with Gasteiger partial charge in [-0.25, -0.2) is 4.98 Å². The third-order valence-electron chi connectivity index (χ3n) is 7.81. The molecule has 1 aliphatic carbocycles. The summed E-state index contributed by atoms with van der Waals surface area (Å²) < 4.78 is 2.11. The molecule has 188 valence electrons. The molecular formula is C27H34N8O. The molecule has 0 radical (unpaired) electrons. The highest BCUT2D eigenvalue weighted by Crippen LogP contribution is 2.34. The molecule has 2 aliphatic heterocycles. The van der Waals surface area contributed by atoms with E-state index in [1.807, 2.05) is 22.2 Å². The Morgan fingerprint density at radius 2 is 2.03 bits per heavy atom. The maximum atomic E-state index is 12.4. The van der Waals surface area contributed by atoms with Gasteiger partial charge >= 0.3 is 0 Å². The molecule has 0 spiro atoms. The van der Waals surface area contributed by atoms with Gasteiger partial charge in [-0.15, -0.1) is 0 Å². The smallest absolute Gasteiger partial charge is 0.227 e. The molecule has 2 atom stereocenters. The number of nitrogens with one attached hydrogen (secondary N) is 1. The Hall–Kier alpha value is -3.33. The first-order valence-electron chi connectivity index (χ1n) is 13.2. The largest absolute Gasteiger partial charge is 0.312 e. The zero-order valence-electron chi connectivity index (χ0n) is 20.9. The average molecular weight is 487 g/mol. The van der Waals surface area contributed by atoms with Crippen LogP contribution in [0.5, 0.6) is 0 Å². The number of carbonyl (C=O) groups is 1. The molecule has 2 unspecified atom stereocenters. The quantitative estimate of drug-likeness (QED) is 0.508. The van der Waals surface area contributed by atoms with E-state index in [2.05, 4.69) is 56.5 Å². The fraction of sp³-hybridized carbons (Fsp3) is 0.519. The van der Waals surface area contributed by atoms with Crippen molar-refractivity contribution in [3.05, 3.63) is 59.8 Å². The number of piperidine rings is 1. The molecule has 3 aliphatic rings. The summed E-state index contributed by atoms with van der Waals surface area (Å²) in [5.74, 6) is 1.03. The molecule has 9 heteroatoms. The first-order valence-corrected chi connectivity index (χ1v) is 13.2. The zero-order valence-corrected chi connectivity index (χ0v) is 20.9. The Labute approximate surface area is 211 Å². The van der Waals surface area contributed by atoms with E-state index >= 15 is 0 Å². The van der Waals surface area contributed by atoms with E-state index in [0.29, 0.717) is 13.0 Å². The first kappa shape index (κ1) is 23.1. The second-order valence-electron chi connectivity index (χ2n) is 10.4. The van der Waals surface area contributed by atoms with Gasteiger partial charge < -0.3 is 14.6 Å². The third-order valence-corrected chi connectivity index (χ3v) is 7.81. The fourth-order valence-corrected chi connectivity index (χ4v) is 5.37. The number of carbonyl (C=O) groups excluding carboxylic acids is 1. The molecule has 9 nitrogen and oxygen atoms in total. The van der Waals surface area contributed by atoms with Crippen LogP contribution in [0.2, 0.25) is 0 Å². The number of pyridine rings is 2. The molecule has 5 heterocycles. The Balaban J connectivity index is 1.10. The van der Waals surface area contributed by atoms with Gasteiger partial charge in [-0.05, 0) is 62.8 Å². The summed E-state index contributed by atoms with van der Waals surface area (Å²) in [7, 11) is 0. The van der Waals surface area contributed by atoms with Gasteiger partial charge in [-0.2, -0.15) is 5.11 Å². The lowest BCUT2D eigenvalue weighted by Crippen LogP contribution is -2.35. The predicted molar refractivity (Wildman–Crippen MR) is 137 cm³/mol. The van der Waals surface area contributed by atoms with E-state index in [4.69, 9.17) is 4.98 Å². The van der Waals surface area contributed by atoms with Gasteiger partial charge in [-0.3, -0.25) is 14.8 Å². The van der Waals surface area contributed by atoms with Gasteiger partial charge in [-0.1, -0.05) is 17.7 Å². The van der Waals surface area contributed by atoms with Crippen molar-refractivity contribution in [2.24, 2.45) is 16.3 Å². The maximum absolute atomic E-state index is 12.4. The average Bonchev–Trinajstić information content (AvgIpc) is 3.43. The highest BCUT2D eigenvalue weighted by atomic mass is 16.2. The standard InChI is InChI=1S/C27H34N8O/c1-19-27(22-11-24(15-29-14-22)34-10-3-2-7-26(34)36)31-32-35(19)18-23-17-33-16-21(8-9-25(33)30-23)13-28-12-20-5-4-6-20/h8-9,11,14-17,19-20,27-28H,2-7,10,12-13,18H2,1H3. The summed E-state index contributed by atoms with van der Waals surface area (Å²) >= 11 is 0. The summed E-state index contributed by atoms with van der Waals surface area (Å²) in [6.07, 6.45) is 14.6. The molecule has 2 fully saturated rings. The molecule has 3 aromatic rings. The summed E-state index contributed by atoms with van der Waals surface area (Å²) in [5.41, 5.74) is 5.01. The number of aromatic nitrogens is 3. The summed E-state index contributed by atoms with van der Waals surface area (Å²) in [6.45, 7) is 5.47. The van der Waals surface area contributed by atoms with Crippen LogP contribution < -0.4 is 10.2 Å². The minimum atomic E-state index is -0.122. The van der Waals surface area contributed by atoms with Gasteiger partial charge in [0.05, 0.1) is 30.2 Å². The number of nitrogens with zero attached hydrogens (tertiary/aromatic N) is 7. The second kappa shape index (κ2) is 9.97. The lowest BCUT2D eigenvalue weighted by Gasteiger charge is -2.27. The number of hydrogen-bond acceptors (Lipinski definition) is 7. The van der Waals surface area contributed by atoms with Crippen LogP contribution in [0.15, 0.2) is 53.3 Å². The van der Waals surface area contributed by atoms with Crippen molar-refractivity contribution in [1.82, 2.24) is 24.7 Å². The SMILES string of the molecule is CC1C(c2cncc(N3CCCCC3=O)c2)N=NN1Cc1cn2cc(CNCC3CCC3)ccc2n1. The molecule has 0 aromatic carbocycles. The summed E-state index contributed by atoms with van der Waals surface area (Å²) in [6, 6.07) is 6.23. The Bertz CT molecular complexity index is 1270. The second-order valence-corrected chi connectivity index (χ2v) is 10.4. The number of amides is 1. The molecule has 1 N–H and O–H groups in total. The van der Waals surface area contributed by atoms with Gasteiger partial charge in [0.1, 0.15) is 11.7 Å². The van der Waals surface area contributed by atoms with E-state index in [1.165, 1.54) is 24.8 Å². The molecule has 1 saturated heterocycles. The van der Waals surface area contributed by atoms with Gasteiger partial charge in [0.15, 0.2) is 0 Å². The molecule has 0 bridgehead atoms. The van der Waals surface area contributed by atoms with Crippen molar-refractivity contribution < 1.29 is 4.79 Å². The van der Waals surface area contributed by atoms with Gasteiger partial charge in [0.2, 0.25) is 5.91 Å². The fourth-order valence-electron chi connectivity index (χ4n) is 5.37. The number of rotatable bonds is 8. The zero-order chi connectivity index (χ0) is 24.5. The Morgan fingerprint density at radius 3 is 2.86 bits per heavy atom. The molecule has 6 rings (SSSR count). The number of fused-ring (bicyclic) bond motifs is 1. The number of anilines is 1. The highest BCUT2D eigenvalue weighted by Gasteiger charge is 2.31. The van der Waals surface area contributed by atoms with Crippen LogP contribution in [0.4, 0.5) is 5.69 Å². The van der Waals surface area contributed by atoms with Crippen LogP contribution in [0, 0.1) is 5.92 Å². The Morgan fingerprint density at radius 1 is 1.11 bits per heavy atom. The third kappa shape index (κ3) is 4.72. The van der Waals surface area contributed by atoms with Crippen molar-refractivity contribution in [2.75, 3.05) is 18.0 Å². The van der Waals surface area contributed by atoms with Crippen LogP contribution in [0.25, 0.3) is 5.65 Å². The lowest BCUT2D eigenvalue weighted by atomic mass is 9.85. The van der Waals surface area contributed by atoms with Crippen LogP contribution in [-0.4, -0.2) is 44.4 Å². The topological polar surface area (TPSA) is 90.5 Å². The van der Waals surface area contributed by atoms with Crippen LogP contribution >= 0.6 is 0 Å². The highest BCUT2D eigenvalue weighted by molar-refractivity contribution is 5.93. The summed E-state index contributed by atoms with van der Waals surface area (Å²) in [4.78, 5) is 23.5. The molecule has 1 amide bonds. The Kier molecular flexibility index (Phi) is 6.39. The van der Waals surface area contributed by atoms with Crippen molar-refractivity contribution in [3.8, 4) is 0 Å². The summed E-state index contributed by atoms with van der Waals surface area (Å²) in [5, 5.41) is 14.6. The molecule has 36 heavy (non-hydrogen) atoms. The van der Waals surface area contributed by atoms with Crippen molar-refractivity contribution in [1.29, 1.82) is 0 Å². The maximum Gasteiger partial charge on any atom is 0.227 e. The minimum Gasteiger partial charge on any atom is -0.312 e. The van der Waals surface area contributed by atoms with Crippen molar-refractivity contribution in [3.63, 3.8) is 0 Å². The van der Waals surface area contributed by atoms with Crippen LogP contribution in [0.3, 0.4) is 0 Å². The minimum absolute atomic E-state index is 0.0650. The first-order chi connectivity index (χ1) is 17.6. The van der Waals surface area contributed by atoms with Crippen LogP contribution in [-0.2, 0) is 17.9 Å². The molecular weight excluding hydrogens is 452 g/mol. The van der Waals surface area contributed by atoms with E-state index in [0.717, 1.165) is 61.0 Å². The van der Waals surface area contributed by atoms with E-state index in [1.54, 1.807) is 6.20 Å². The predicted octanol–water partition coefficient (Wildman–Crippen LogP) is 4.45. The monoisotopic (exact) mass is 486 g/mol. The molecule has 1 saturated carbocycles. The lowest BCUT2D eigenvalue weighted by molar-refractivity contribution is -0.119. The van der Waals surface area contributed by atoms with E-state index in [9.17, 15) is 4.79 Å². The van der Waals surface area contributed by atoms with Gasteiger partial charge in [0, 0.05) is 43.7 Å². The van der Waals surface area contributed by atoms with E-state index < -0.39 is 0 Å². The van der Waals surface area contributed by atoms with Crippen molar-refractivity contribution in [2.45, 2.75) is 70.6 Å². The number of imidazole rings is 1. The van der Waals surface area contributed by atoms with E-state index in [-0.39, 0.29) is 18.0 Å². The van der Waals surface area contributed by atoms with Crippen molar-refractivity contribution >= 4 is 17.2 Å². The number of hydrogen-bond donors (Lipinski definition) is 1. The van der Waals surface area contributed by atoms with Gasteiger partial charge in [0.25, 0.3) is 0 Å². The molecule has 3 aromatic heterocycles. The van der Waals surface area contributed by atoms with Crippen LogP contribution in [0.1, 0.15) is 68.3 Å².